The highest BCUT2D eigenvalue weighted by Gasteiger charge is 2.31. The molecule has 1 fully saturated rings. The van der Waals surface area contributed by atoms with Gasteiger partial charge in [-0.2, -0.15) is 0 Å². The summed E-state index contributed by atoms with van der Waals surface area (Å²) in [4.78, 5) is 27.9. The average Bonchev–Trinajstić information content (AvgIpc) is 2.59. The molecule has 23 heavy (non-hydrogen) atoms. The van der Waals surface area contributed by atoms with Crippen molar-refractivity contribution < 1.29 is 14.0 Å². The van der Waals surface area contributed by atoms with E-state index >= 15 is 0 Å². The first-order valence-corrected chi connectivity index (χ1v) is 7.71. The van der Waals surface area contributed by atoms with Crippen LogP contribution in [0.5, 0.6) is 0 Å². The number of nitrogens with zero attached hydrogens (tertiary/aromatic N) is 2. The number of rotatable bonds is 5. The van der Waals surface area contributed by atoms with Gasteiger partial charge in [-0.15, -0.1) is 0 Å². The molecule has 1 aromatic carbocycles. The zero-order valence-corrected chi connectivity index (χ0v) is 13.5. The van der Waals surface area contributed by atoms with Crippen LogP contribution in [-0.4, -0.2) is 63.0 Å². The predicted octanol–water partition coefficient (Wildman–Crippen LogP) is 0.198. The maximum absolute atomic E-state index is 12.9. The van der Waals surface area contributed by atoms with Crippen molar-refractivity contribution >= 4 is 17.5 Å². The van der Waals surface area contributed by atoms with Crippen LogP contribution in [0.4, 0.5) is 10.1 Å². The lowest BCUT2D eigenvalue weighted by molar-refractivity contribution is -0.141. The van der Waals surface area contributed by atoms with Gasteiger partial charge in [0.2, 0.25) is 11.8 Å². The van der Waals surface area contributed by atoms with Gasteiger partial charge in [0.15, 0.2) is 0 Å². The zero-order chi connectivity index (χ0) is 16.8. The van der Waals surface area contributed by atoms with E-state index < -0.39 is 6.04 Å². The van der Waals surface area contributed by atoms with Gasteiger partial charge in [0, 0.05) is 52.4 Å². The Morgan fingerprint density at radius 3 is 2.74 bits per heavy atom. The van der Waals surface area contributed by atoms with Gasteiger partial charge in [-0.25, -0.2) is 4.39 Å². The Hall–Kier alpha value is -2.15. The number of carbonyl (C=O) groups is 2. The first kappa shape index (κ1) is 17.2. The van der Waals surface area contributed by atoms with Crippen LogP contribution < -0.4 is 15.5 Å². The highest BCUT2D eigenvalue weighted by Crippen LogP contribution is 2.14. The molecular weight excluding hydrogens is 299 g/mol. The minimum atomic E-state index is -0.461. The standard InChI is InChI=1S/C16H23FN4O2/c1-18-16(23)14-11-19-8-10-21(14)15(22)7-9-20(2)13-5-3-12(17)4-6-13/h3-6,14,19H,7-11H2,1-2H3,(H,18,23). The largest absolute Gasteiger partial charge is 0.374 e. The number of hydrogen-bond donors (Lipinski definition) is 2. The number of halogens is 1. The second-order valence-electron chi connectivity index (χ2n) is 5.57. The summed E-state index contributed by atoms with van der Waals surface area (Å²) in [6, 6.07) is 5.69. The van der Waals surface area contributed by atoms with Crippen molar-refractivity contribution in [1.29, 1.82) is 0 Å². The van der Waals surface area contributed by atoms with Crippen LogP contribution in [0.15, 0.2) is 24.3 Å². The van der Waals surface area contributed by atoms with Gasteiger partial charge in [0.05, 0.1) is 0 Å². The van der Waals surface area contributed by atoms with Crippen LogP contribution >= 0.6 is 0 Å². The number of amides is 2. The highest BCUT2D eigenvalue weighted by atomic mass is 19.1. The van der Waals surface area contributed by atoms with Gasteiger partial charge in [0.25, 0.3) is 0 Å². The van der Waals surface area contributed by atoms with Gasteiger partial charge < -0.3 is 20.4 Å². The first-order chi connectivity index (χ1) is 11.0. The molecule has 6 nitrogen and oxygen atoms in total. The van der Waals surface area contributed by atoms with Crippen molar-refractivity contribution in [2.75, 3.05) is 45.2 Å². The second kappa shape index (κ2) is 7.92. The van der Waals surface area contributed by atoms with Gasteiger partial charge in [0.1, 0.15) is 11.9 Å². The summed E-state index contributed by atoms with van der Waals surface area (Å²) in [5.74, 6) is -0.487. The first-order valence-electron chi connectivity index (χ1n) is 7.71. The van der Waals surface area contributed by atoms with E-state index in [0.717, 1.165) is 5.69 Å². The van der Waals surface area contributed by atoms with Crippen molar-refractivity contribution in [1.82, 2.24) is 15.5 Å². The Kier molecular flexibility index (Phi) is 5.92. The van der Waals surface area contributed by atoms with Crippen molar-refractivity contribution in [3.63, 3.8) is 0 Å². The third-order valence-corrected chi connectivity index (χ3v) is 4.04. The number of carbonyl (C=O) groups excluding carboxylic acids is 2. The fourth-order valence-corrected chi connectivity index (χ4v) is 2.64. The van der Waals surface area contributed by atoms with Gasteiger partial charge in [-0.3, -0.25) is 9.59 Å². The maximum Gasteiger partial charge on any atom is 0.243 e. The second-order valence-corrected chi connectivity index (χ2v) is 5.57. The molecule has 1 aliphatic rings. The van der Waals surface area contributed by atoms with Crippen molar-refractivity contribution in [2.24, 2.45) is 0 Å². The summed E-state index contributed by atoms with van der Waals surface area (Å²) in [6.07, 6.45) is 0.307. The Bertz CT molecular complexity index is 550. The number of piperazine rings is 1. The molecule has 2 rings (SSSR count). The highest BCUT2D eigenvalue weighted by molar-refractivity contribution is 5.88. The number of nitrogens with one attached hydrogen (secondary N) is 2. The molecule has 0 aliphatic carbocycles. The van der Waals surface area contributed by atoms with Crippen molar-refractivity contribution in [3.05, 3.63) is 30.1 Å². The molecule has 1 aromatic rings. The molecule has 0 bridgehead atoms. The molecule has 0 spiro atoms. The van der Waals surface area contributed by atoms with E-state index in [-0.39, 0.29) is 17.6 Å². The van der Waals surface area contributed by atoms with Gasteiger partial charge >= 0.3 is 0 Å². The van der Waals surface area contributed by atoms with Crippen LogP contribution in [0.25, 0.3) is 0 Å². The van der Waals surface area contributed by atoms with E-state index in [4.69, 9.17) is 0 Å². The Labute approximate surface area is 135 Å². The lowest BCUT2D eigenvalue weighted by Crippen LogP contribution is -2.59. The third kappa shape index (κ3) is 4.41. The number of hydrogen-bond acceptors (Lipinski definition) is 4. The van der Waals surface area contributed by atoms with E-state index in [0.29, 0.717) is 32.6 Å². The van der Waals surface area contributed by atoms with Crippen LogP contribution in [0.2, 0.25) is 0 Å². The van der Waals surface area contributed by atoms with Crippen LogP contribution in [0.3, 0.4) is 0 Å². The molecule has 0 radical (unpaired) electrons. The summed E-state index contributed by atoms with van der Waals surface area (Å²) in [5, 5.41) is 5.73. The number of benzene rings is 1. The normalized spacial score (nSPS) is 17.7. The number of anilines is 1. The number of likely N-dealkylation sites (N-methyl/N-ethyl adjacent to an activating group) is 1. The van der Waals surface area contributed by atoms with E-state index in [1.54, 1.807) is 24.1 Å². The Balaban J connectivity index is 1.92. The summed E-state index contributed by atoms with van der Waals surface area (Å²) in [6.45, 7) is 2.19. The van der Waals surface area contributed by atoms with Crippen LogP contribution in [-0.2, 0) is 9.59 Å². The molecule has 126 valence electrons. The van der Waals surface area contributed by atoms with Crippen molar-refractivity contribution in [2.45, 2.75) is 12.5 Å². The fraction of sp³-hybridized carbons (Fsp3) is 0.500. The Morgan fingerprint density at radius 2 is 2.09 bits per heavy atom. The third-order valence-electron chi connectivity index (χ3n) is 4.04. The smallest absolute Gasteiger partial charge is 0.243 e. The average molecular weight is 322 g/mol. The molecule has 2 amide bonds. The van der Waals surface area contributed by atoms with Crippen molar-refractivity contribution in [3.8, 4) is 0 Å². The maximum atomic E-state index is 12.9. The summed E-state index contributed by atoms with van der Waals surface area (Å²) in [5.41, 5.74) is 0.849. The molecule has 1 unspecified atom stereocenters. The summed E-state index contributed by atoms with van der Waals surface area (Å²) >= 11 is 0. The van der Waals surface area contributed by atoms with Gasteiger partial charge in [-0.1, -0.05) is 0 Å². The minimum Gasteiger partial charge on any atom is -0.374 e. The monoisotopic (exact) mass is 322 g/mol. The minimum absolute atomic E-state index is 0.0472. The molecule has 1 saturated heterocycles. The summed E-state index contributed by atoms with van der Waals surface area (Å²) in [7, 11) is 3.43. The molecule has 1 atom stereocenters. The lowest BCUT2D eigenvalue weighted by Gasteiger charge is -2.35. The molecule has 7 heteroatoms. The molecular formula is C16H23FN4O2. The molecule has 0 aromatic heterocycles. The van der Waals surface area contributed by atoms with Crippen LogP contribution in [0, 0.1) is 5.82 Å². The van der Waals surface area contributed by atoms with E-state index in [2.05, 4.69) is 10.6 Å². The fourth-order valence-electron chi connectivity index (χ4n) is 2.64. The molecule has 1 heterocycles. The summed E-state index contributed by atoms with van der Waals surface area (Å²) < 4.78 is 12.9. The Morgan fingerprint density at radius 1 is 1.39 bits per heavy atom. The van der Waals surface area contributed by atoms with Crippen LogP contribution in [0.1, 0.15) is 6.42 Å². The van der Waals surface area contributed by atoms with E-state index in [1.807, 2.05) is 11.9 Å². The SMILES string of the molecule is CNC(=O)C1CNCCN1C(=O)CCN(C)c1ccc(F)cc1. The molecule has 0 saturated carbocycles. The van der Waals surface area contributed by atoms with E-state index in [1.165, 1.54) is 12.1 Å². The van der Waals surface area contributed by atoms with E-state index in [9.17, 15) is 14.0 Å². The topological polar surface area (TPSA) is 64.7 Å². The predicted molar refractivity (Wildman–Crippen MR) is 86.7 cm³/mol. The zero-order valence-electron chi connectivity index (χ0n) is 13.5. The quantitative estimate of drug-likeness (QED) is 0.813. The molecule has 1 aliphatic heterocycles. The molecule has 2 N–H and O–H groups in total. The lowest BCUT2D eigenvalue weighted by atomic mass is 10.1. The van der Waals surface area contributed by atoms with Gasteiger partial charge in [-0.05, 0) is 24.3 Å².